The summed E-state index contributed by atoms with van der Waals surface area (Å²) in [7, 11) is 0. The van der Waals surface area contributed by atoms with E-state index < -0.39 is 5.91 Å². The van der Waals surface area contributed by atoms with Crippen molar-refractivity contribution in [1.29, 1.82) is 0 Å². The topological polar surface area (TPSA) is 87.3 Å². The number of carbonyl (C=O) groups excluding carboxylic acids is 3. The molecular weight excluding hydrogens is 294 g/mol. The number of carbonyl (C=O) groups is 3. The zero-order valence-corrected chi connectivity index (χ0v) is 13.6. The van der Waals surface area contributed by atoms with Crippen LogP contribution in [0.4, 0.5) is 0 Å². The lowest BCUT2D eigenvalue weighted by molar-refractivity contribution is -0.125. The summed E-state index contributed by atoms with van der Waals surface area (Å²) in [5.74, 6) is -0.930. The fraction of sp³-hybridized carbons (Fsp3) is 0.471. The number of amides is 3. The van der Waals surface area contributed by atoms with Gasteiger partial charge in [-0.3, -0.25) is 14.4 Å². The second kappa shape index (κ2) is 11.2. The minimum absolute atomic E-state index is 0.0756. The van der Waals surface area contributed by atoms with Crippen LogP contribution in [0.25, 0.3) is 0 Å². The third kappa shape index (κ3) is 8.60. The van der Waals surface area contributed by atoms with Crippen molar-refractivity contribution in [2.45, 2.75) is 32.6 Å². The molecule has 0 aromatic heterocycles. The van der Waals surface area contributed by atoms with E-state index in [4.69, 9.17) is 0 Å². The summed E-state index contributed by atoms with van der Waals surface area (Å²) in [4.78, 5) is 34.9. The molecule has 0 saturated carbocycles. The van der Waals surface area contributed by atoms with Crippen LogP contribution in [-0.4, -0.2) is 37.4 Å². The second-order valence-electron chi connectivity index (χ2n) is 5.24. The van der Waals surface area contributed by atoms with E-state index in [1.165, 1.54) is 0 Å². The third-order valence-corrected chi connectivity index (χ3v) is 3.24. The lowest BCUT2D eigenvalue weighted by Gasteiger charge is -2.08. The molecule has 1 rings (SSSR count). The van der Waals surface area contributed by atoms with Gasteiger partial charge in [-0.2, -0.15) is 0 Å². The summed E-state index contributed by atoms with van der Waals surface area (Å²) < 4.78 is 0. The Morgan fingerprint density at radius 3 is 2.17 bits per heavy atom. The standard InChI is InChI=1S/C17H25N3O3/c1-2-3-4-8-11-18-15(21)12-19-16(22)13-20-17(23)14-9-6-5-7-10-14/h5-7,9-10H,2-4,8,11-13H2,1H3,(H,18,21)(H,19,22)(H,20,23). The van der Waals surface area contributed by atoms with Crippen molar-refractivity contribution in [3.63, 3.8) is 0 Å². The van der Waals surface area contributed by atoms with Crippen LogP contribution in [0.2, 0.25) is 0 Å². The highest BCUT2D eigenvalue weighted by molar-refractivity contribution is 5.96. The van der Waals surface area contributed by atoms with Crippen molar-refractivity contribution in [2.75, 3.05) is 19.6 Å². The van der Waals surface area contributed by atoms with E-state index in [1.54, 1.807) is 24.3 Å². The molecule has 1 aromatic carbocycles. The lowest BCUT2D eigenvalue weighted by Crippen LogP contribution is -2.42. The van der Waals surface area contributed by atoms with Gasteiger partial charge in [0.05, 0.1) is 13.1 Å². The van der Waals surface area contributed by atoms with Crippen LogP contribution >= 0.6 is 0 Å². The van der Waals surface area contributed by atoms with Crippen molar-refractivity contribution in [2.24, 2.45) is 0 Å². The van der Waals surface area contributed by atoms with Crippen LogP contribution in [0.5, 0.6) is 0 Å². The molecule has 6 heteroatoms. The maximum Gasteiger partial charge on any atom is 0.251 e. The van der Waals surface area contributed by atoms with Crippen molar-refractivity contribution in [3.8, 4) is 0 Å². The monoisotopic (exact) mass is 319 g/mol. The molecule has 1 aromatic rings. The molecule has 23 heavy (non-hydrogen) atoms. The number of nitrogens with one attached hydrogen (secondary N) is 3. The van der Waals surface area contributed by atoms with Gasteiger partial charge < -0.3 is 16.0 Å². The van der Waals surface area contributed by atoms with Gasteiger partial charge in [0.2, 0.25) is 11.8 Å². The minimum Gasteiger partial charge on any atom is -0.355 e. The first-order valence-corrected chi connectivity index (χ1v) is 8.00. The predicted octanol–water partition coefficient (Wildman–Crippen LogP) is 1.23. The zero-order valence-electron chi connectivity index (χ0n) is 13.6. The normalized spacial score (nSPS) is 9.96. The van der Waals surface area contributed by atoms with Crippen LogP contribution in [0.15, 0.2) is 30.3 Å². The molecule has 0 heterocycles. The fourth-order valence-electron chi connectivity index (χ4n) is 1.94. The summed E-state index contributed by atoms with van der Waals surface area (Å²) >= 11 is 0. The van der Waals surface area contributed by atoms with Gasteiger partial charge in [0.15, 0.2) is 0 Å². The fourth-order valence-corrected chi connectivity index (χ4v) is 1.94. The molecule has 0 radical (unpaired) electrons. The Labute approximate surface area is 137 Å². The molecule has 0 unspecified atom stereocenters. The van der Waals surface area contributed by atoms with Gasteiger partial charge in [-0.15, -0.1) is 0 Å². The molecule has 0 aliphatic heterocycles. The van der Waals surface area contributed by atoms with Gasteiger partial charge in [-0.1, -0.05) is 44.4 Å². The Morgan fingerprint density at radius 1 is 0.826 bits per heavy atom. The summed E-state index contributed by atoms with van der Waals surface area (Å²) in [5, 5.41) is 7.73. The Bertz CT molecular complexity index is 503. The molecule has 0 atom stereocenters. The first-order valence-electron chi connectivity index (χ1n) is 8.00. The summed E-state index contributed by atoms with van der Waals surface area (Å²) in [6.45, 7) is 2.52. The van der Waals surface area contributed by atoms with Gasteiger partial charge in [0, 0.05) is 12.1 Å². The summed E-state index contributed by atoms with van der Waals surface area (Å²) in [6, 6.07) is 8.64. The van der Waals surface area contributed by atoms with E-state index >= 15 is 0 Å². The smallest absolute Gasteiger partial charge is 0.251 e. The summed E-state index contributed by atoms with van der Waals surface area (Å²) in [6.07, 6.45) is 4.35. The molecule has 3 amide bonds. The van der Waals surface area contributed by atoms with Gasteiger partial charge in [-0.25, -0.2) is 0 Å². The zero-order chi connectivity index (χ0) is 16.9. The third-order valence-electron chi connectivity index (χ3n) is 3.24. The summed E-state index contributed by atoms with van der Waals surface area (Å²) in [5.41, 5.74) is 0.491. The maximum absolute atomic E-state index is 11.7. The van der Waals surface area contributed by atoms with Crippen molar-refractivity contribution in [3.05, 3.63) is 35.9 Å². The molecule has 0 spiro atoms. The molecule has 0 aliphatic rings. The van der Waals surface area contributed by atoms with E-state index in [-0.39, 0.29) is 24.9 Å². The number of benzene rings is 1. The predicted molar refractivity (Wildman–Crippen MR) is 88.9 cm³/mol. The largest absolute Gasteiger partial charge is 0.355 e. The lowest BCUT2D eigenvalue weighted by atomic mass is 10.2. The molecule has 0 aliphatic carbocycles. The highest BCUT2D eigenvalue weighted by Crippen LogP contribution is 1.97. The first-order chi connectivity index (χ1) is 11.1. The van der Waals surface area contributed by atoms with Crippen LogP contribution in [0.3, 0.4) is 0 Å². The van der Waals surface area contributed by atoms with Crippen LogP contribution < -0.4 is 16.0 Å². The highest BCUT2D eigenvalue weighted by Gasteiger charge is 2.08. The Morgan fingerprint density at radius 2 is 1.48 bits per heavy atom. The number of unbranched alkanes of at least 4 members (excludes halogenated alkanes) is 3. The van der Waals surface area contributed by atoms with Gasteiger partial charge >= 0.3 is 0 Å². The second-order valence-corrected chi connectivity index (χ2v) is 5.24. The molecular formula is C17H25N3O3. The van der Waals surface area contributed by atoms with E-state index in [1.807, 2.05) is 6.07 Å². The van der Waals surface area contributed by atoms with Crippen molar-refractivity contribution < 1.29 is 14.4 Å². The number of hydrogen-bond donors (Lipinski definition) is 3. The van der Waals surface area contributed by atoms with Gasteiger partial charge in [0.25, 0.3) is 5.91 Å². The average molecular weight is 319 g/mol. The molecule has 0 bridgehead atoms. The minimum atomic E-state index is -0.393. The van der Waals surface area contributed by atoms with Crippen LogP contribution in [0, 0.1) is 0 Å². The Kier molecular flexibility index (Phi) is 9.12. The van der Waals surface area contributed by atoms with Crippen LogP contribution in [-0.2, 0) is 9.59 Å². The first kappa shape index (κ1) is 18.7. The van der Waals surface area contributed by atoms with Gasteiger partial charge in [-0.05, 0) is 18.6 Å². The molecule has 126 valence electrons. The SMILES string of the molecule is CCCCCCNC(=O)CNC(=O)CNC(=O)c1ccccc1. The molecule has 3 N–H and O–H groups in total. The highest BCUT2D eigenvalue weighted by atomic mass is 16.2. The van der Waals surface area contributed by atoms with E-state index in [0.29, 0.717) is 12.1 Å². The molecule has 0 fully saturated rings. The quantitative estimate of drug-likeness (QED) is 0.567. The van der Waals surface area contributed by atoms with E-state index in [0.717, 1.165) is 25.7 Å². The van der Waals surface area contributed by atoms with E-state index in [9.17, 15) is 14.4 Å². The maximum atomic E-state index is 11.7. The number of rotatable bonds is 10. The van der Waals surface area contributed by atoms with Gasteiger partial charge in [0.1, 0.15) is 0 Å². The molecule has 6 nitrogen and oxygen atoms in total. The number of hydrogen-bond acceptors (Lipinski definition) is 3. The average Bonchev–Trinajstić information content (AvgIpc) is 2.58. The Hall–Kier alpha value is -2.37. The Balaban J connectivity index is 2.12. The van der Waals surface area contributed by atoms with Crippen molar-refractivity contribution >= 4 is 17.7 Å². The van der Waals surface area contributed by atoms with Crippen LogP contribution in [0.1, 0.15) is 43.0 Å². The van der Waals surface area contributed by atoms with Crippen molar-refractivity contribution in [1.82, 2.24) is 16.0 Å². The molecule has 0 saturated heterocycles. The van der Waals surface area contributed by atoms with E-state index in [2.05, 4.69) is 22.9 Å².